The third-order valence-corrected chi connectivity index (χ3v) is 3.13. The van der Waals surface area contributed by atoms with Crippen LogP contribution in [-0.4, -0.2) is 42.5 Å². The molecule has 15 heavy (non-hydrogen) atoms. The molecular weight excluding hydrogens is 193 g/mol. The third-order valence-electron chi connectivity index (χ3n) is 3.13. The maximum Gasteiger partial charge on any atom is 0.140 e. The summed E-state index contributed by atoms with van der Waals surface area (Å²) in [5, 5.41) is 0. The fourth-order valence-corrected chi connectivity index (χ4v) is 2.24. The van der Waals surface area contributed by atoms with Crippen molar-refractivity contribution in [1.29, 1.82) is 0 Å². The van der Waals surface area contributed by atoms with Gasteiger partial charge in [-0.3, -0.25) is 0 Å². The molecule has 2 aliphatic rings. The smallest absolute Gasteiger partial charge is 0.140 e. The molecule has 0 amide bonds. The predicted octanol–water partition coefficient (Wildman–Crippen LogP) is 1.05. The van der Waals surface area contributed by atoms with E-state index in [1.54, 1.807) is 6.20 Å². The lowest BCUT2D eigenvalue weighted by Crippen LogP contribution is -2.43. The number of halogens is 1. The molecule has 2 aliphatic heterocycles. The van der Waals surface area contributed by atoms with Crippen LogP contribution in [0.2, 0.25) is 0 Å². The average molecular weight is 211 g/mol. The summed E-state index contributed by atoms with van der Waals surface area (Å²) in [7, 11) is 2.12. The summed E-state index contributed by atoms with van der Waals surface area (Å²) in [6, 6.07) is 0.444. The van der Waals surface area contributed by atoms with Gasteiger partial charge in [-0.25, -0.2) is 4.39 Å². The standard InChI is InChI=1S/C11H18FN3/c1-14-4-2-11(3-5-14)15-7-9(12)6-10(13)8-15/h6-7,11H,2-5,8,13H2,1H3. The minimum atomic E-state index is -0.224. The van der Waals surface area contributed by atoms with Gasteiger partial charge in [0.2, 0.25) is 0 Å². The minimum Gasteiger partial charge on any atom is -0.400 e. The van der Waals surface area contributed by atoms with E-state index >= 15 is 0 Å². The normalized spacial score (nSPS) is 25.1. The van der Waals surface area contributed by atoms with Crippen molar-refractivity contribution in [2.75, 3.05) is 26.7 Å². The van der Waals surface area contributed by atoms with Crippen LogP contribution in [0.1, 0.15) is 12.8 Å². The Morgan fingerprint density at radius 2 is 2.07 bits per heavy atom. The molecule has 84 valence electrons. The van der Waals surface area contributed by atoms with Gasteiger partial charge in [0.1, 0.15) is 5.83 Å². The van der Waals surface area contributed by atoms with Crippen LogP contribution in [0, 0.1) is 0 Å². The molecule has 0 bridgehead atoms. The van der Waals surface area contributed by atoms with E-state index in [2.05, 4.69) is 11.9 Å². The van der Waals surface area contributed by atoms with E-state index in [0.29, 0.717) is 18.3 Å². The van der Waals surface area contributed by atoms with Crippen molar-refractivity contribution in [2.24, 2.45) is 5.73 Å². The summed E-state index contributed by atoms with van der Waals surface area (Å²) in [5.74, 6) is -0.224. The van der Waals surface area contributed by atoms with E-state index in [-0.39, 0.29) is 5.83 Å². The van der Waals surface area contributed by atoms with Crippen molar-refractivity contribution in [3.63, 3.8) is 0 Å². The van der Waals surface area contributed by atoms with Gasteiger partial charge in [-0.05, 0) is 39.1 Å². The highest BCUT2D eigenvalue weighted by Crippen LogP contribution is 2.21. The molecule has 0 radical (unpaired) electrons. The Morgan fingerprint density at radius 3 is 2.67 bits per heavy atom. The van der Waals surface area contributed by atoms with Crippen LogP contribution >= 0.6 is 0 Å². The molecule has 0 aromatic carbocycles. The zero-order chi connectivity index (χ0) is 10.8. The maximum absolute atomic E-state index is 13.2. The molecule has 1 saturated heterocycles. The number of nitrogens with zero attached hydrogens (tertiary/aromatic N) is 2. The quantitative estimate of drug-likeness (QED) is 0.703. The number of rotatable bonds is 1. The second-order valence-electron chi connectivity index (χ2n) is 4.44. The summed E-state index contributed by atoms with van der Waals surface area (Å²) in [6.45, 7) is 2.84. The third kappa shape index (κ3) is 2.50. The Hall–Kier alpha value is -1.03. The van der Waals surface area contributed by atoms with Crippen molar-refractivity contribution in [3.8, 4) is 0 Å². The molecule has 0 aliphatic carbocycles. The van der Waals surface area contributed by atoms with Crippen LogP contribution in [-0.2, 0) is 0 Å². The molecule has 0 spiro atoms. The highest BCUT2D eigenvalue weighted by molar-refractivity contribution is 5.22. The number of hydrogen-bond acceptors (Lipinski definition) is 3. The van der Waals surface area contributed by atoms with Crippen LogP contribution in [0.25, 0.3) is 0 Å². The van der Waals surface area contributed by atoms with E-state index in [9.17, 15) is 4.39 Å². The largest absolute Gasteiger partial charge is 0.400 e. The Kier molecular flexibility index (Phi) is 2.95. The van der Waals surface area contributed by atoms with Gasteiger partial charge >= 0.3 is 0 Å². The van der Waals surface area contributed by atoms with E-state index in [4.69, 9.17) is 5.73 Å². The fraction of sp³-hybridized carbons (Fsp3) is 0.636. The lowest BCUT2D eigenvalue weighted by molar-refractivity contribution is 0.164. The van der Waals surface area contributed by atoms with Gasteiger partial charge in [0.15, 0.2) is 0 Å². The van der Waals surface area contributed by atoms with Crippen molar-refractivity contribution >= 4 is 0 Å². The number of hydrogen-bond donors (Lipinski definition) is 1. The van der Waals surface area contributed by atoms with Gasteiger partial charge in [-0.2, -0.15) is 0 Å². The first-order valence-electron chi connectivity index (χ1n) is 5.43. The molecule has 0 atom stereocenters. The number of likely N-dealkylation sites (tertiary alicyclic amines) is 1. The lowest BCUT2D eigenvalue weighted by Gasteiger charge is -2.37. The van der Waals surface area contributed by atoms with E-state index in [1.165, 1.54) is 6.08 Å². The van der Waals surface area contributed by atoms with Crippen LogP contribution in [0.4, 0.5) is 4.39 Å². The van der Waals surface area contributed by atoms with Crippen LogP contribution in [0.3, 0.4) is 0 Å². The molecule has 1 fully saturated rings. The first-order valence-corrected chi connectivity index (χ1v) is 5.43. The summed E-state index contributed by atoms with van der Waals surface area (Å²) in [6.07, 6.45) is 5.18. The molecule has 2 N–H and O–H groups in total. The van der Waals surface area contributed by atoms with Gasteiger partial charge in [0.05, 0.1) is 6.54 Å². The highest BCUT2D eigenvalue weighted by Gasteiger charge is 2.23. The SMILES string of the molecule is CN1CCC(N2C=C(F)C=C(N)C2)CC1. The molecule has 3 nitrogen and oxygen atoms in total. The summed E-state index contributed by atoms with van der Waals surface area (Å²) >= 11 is 0. The highest BCUT2D eigenvalue weighted by atomic mass is 19.1. The molecule has 2 heterocycles. The molecule has 4 heteroatoms. The van der Waals surface area contributed by atoms with E-state index in [0.717, 1.165) is 25.9 Å². The van der Waals surface area contributed by atoms with Crippen LogP contribution in [0.5, 0.6) is 0 Å². The monoisotopic (exact) mass is 211 g/mol. The summed E-state index contributed by atoms with van der Waals surface area (Å²) in [5.41, 5.74) is 6.30. The molecule has 0 saturated carbocycles. The maximum atomic E-state index is 13.2. The summed E-state index contributed by atoms with van der Waals surface area (Å²) < 4.78 is 13.2. The van der Waals surface area contributed by atoms with Crippen molar-refractivity contribution in [2.45, 2.75) is 18.9 Å². The fourth-order valence-electron chi connectivity index (χ4n) is 2.24. The molecule has 0 aromatic rings. The van der Waals surface area contributed by atoms with Gasteiger partial charge in [-0.15, -0.1) is 0 Å². The van der Waals surface area contributed by atoms with E-state index in [1.807, 2.05) is 4.90 Å². The zero-order valence-corrected chi connectivity index (χ0v) is 9.12. The van der Waals surface area contributed by atoms with Crippen molar-refractivity contribution in [1.82, 2.24) is 9.80 Å². The predicted molar refractivity (Wildman–Crippen MR) is 58.7 cm³/mol. The first-order chi connectivity index (χ1) is 7.15. The molecule has 0 unspecified atom stereocenters. The Bertz CT molecular complexity index is 290. The second-order valence-corrected chi connectivity index (χ2v) is 4.44. The van der Waals surface area contributed by atoms with Crippen LogP contribution < -0.4 is 5.73 Å². The number of nitrogens with two attached hydrogens (primary N) is 1. The van der Waals surface area contributed by atoms with Gasteiger partial charge in [-0.1, -0.05) is 0 Å². The Morgan fingerprint density at radius 1 is 1.40 bits per heavy atom. The summed E-state index contributed by atoms with van der Waals surface area (Å²) in [4.78, 5) is 4.34. The zero-order valence-electron chi connectivity index (χ0n) is 9.12. The van der Waals surface area contributed by atoms with E-state index < -0.39 is 0 Å². The Labute approximate surface area is 90.0 Å². The number of allylic oxidation sites excluding steroid dienone is 2. The second kappa shape index (κ2) is 4.23. The lowest BCUT2D eigenvalue weighted by atomic mass is 10.0. The average Bonchev–Trinajstić information content (AvgIpc) is 2.17. The topological polar surface area (TPSA) is 32.5 Å². The molecule has 0 aromatic heterocycles. The molecule has 2 rings (SSSR count). The van der Waals surface area contributed by atoms with Gasteiger partial charge < -0.3 is 15.5 Å². The van der Waals surface area contributed by atoms with Crippen LogP contribution in [0.15, 0.2) is 23.8 Å². The minimum absolute atomic E-state index is 0.224. The van der Waals surface area contributed by atoms with Crippen molar-refractivity contribution in [3.05, 3.63) is 23.8 Å². The number of piperidine rings is 1. The Balaban J connectivity index is 1.98. The van der Waals surface area contributed by atoms with Crippen molar-refractivity contribution < 1.29 is 4.39 Å². The van der Waals surface area contributed by atoms with Gasteiger partial charge in [0.25, 0.3) is 0 Å². The van der Waals surface area contributed by atoms with Gasteiger partial charge in [0, 0.05) is 17.9 Å². The molecular formula is C11H18FN3. The first kappa shape index (κ1) is 10.5.